The molecule has 0 atom stereocenters. The van der Waals surface area contributed by atoms with Gasteiger partial charge in [0, 0.05) is 18.1 Å². The number of aliphatic hydroxyl groups is 1. The van der Waals surface area contributed by atoms with Crippen LogP contribution in [-0.4, -0.2) is 32.8 Å². The van der Waals surface area contributed by atoms with E-state index in [-0.39, 0.29) is 23.7 Å². The average molecular weight is 304 g/mol. The summed E-state index contributed by atoms with van der Waals surface area (Å²) in [6.45, 7) is -0.00358. The fraction of sp³-hybridized carbons (Fsp3) is 0.143. The van der Waals surface area contributed by atoms with Crippen molar-refractivity contribution in [3.8, 4) is 23.3 Å². The largest absolute Gasteiger partial charge is 0.508 e. The summed E-state index contributed by atoms with van der Waals surface area (Å²) in [4.78, 5) is 16.6. The number of phenols is 2. The Hall–Kier alpha value is -2.56. The molecule has 0 saturated heterocycles. The van der Waals surface area contributed by atoms with Crippen molar-refractivity contribution in [1.82, 2.24) is 4.98 Å². The Morgan fingerprint density at radius 1 is 1.29 bits per heavy atom. The maximum atomic E-state index is 12.0. The number of hydrogen-bond acceptors (Lipinski definition) is 6. The van der Waals surface area contributed by atoms with Crippen molar-refractivity contribution >= 4 is 22.4 Å². The summed E-state index contributed by atoms with van der Waals surface area (Å²) in [5.41, 5.74) is 0.121. The lowest BCUT2D eigenvalue weighted by Gasteiger charge is -2.03. The third-order valence-corrected chi connectivity index (χ3v) is 3.17. The van der Waals surface area contributed by atoms with E-state index >= 15 is 0 Å². The summed E-state index contributed by atoms with van der Waals surface area (Å²) in [7, 11) is 0. The molecule has 0 aliphatic heterocycles. The van der Waals surface area contributed by atoms with Crippen LogP contribution in [0.3, 0.4) is 0 Å². The Kier molecular flexibility index (Phi) is 4.77. The molecule has 1 amide bonds. The number of benzene rings is 1. The second kappa shape index (κ2) is 6.74. The summed E-state index contributed by atoms with van der Waals surface area (Å²) in [5.74, 6) is 4.67. The van der Waals surface area contributed by atoms with Gasteiger partial charge < -0.3 is 15.3 Å². The molecule has 108 valence electrons. The predicted molar refractivity (Wildman–Crippen MR) is 78.4 cm³/mol. The van der Waals surface area contributed by atoms with Crippen molar-refractivity contribution in [3.63, 3.8) is 0 Å². The van der Waals surface area contributed by atoms with E-state index in [0.29, 0.717) is 16.4 Å². The highest BCUT2D eigenvalue weighted by molar-refractivity contribution is 7.16. The molecule has 0 aliphatic carbocycles. The van der Waals surface area contributed by atoms with Crippen LogP contribution in [0.5, 0.6) is 11.5 Å². The molecule has 0 saturated carbocycles. The van der Waals surface area contributed by atoms with Crippen molar-refractivity contribution in [1.29, 1.82) is 0 Å². The van der Waals surface area contributed by atoms with Gasteiger partial charge in [0.05, 0.1) is 17.7 Å². The van der Waals surface area contributed by atoms with E-state index in [4.69, 9.17) is 5.11 Å². The van der Waals surface area contributed by atoms with E-state index in [0.717, 1.165) is 6.07 Å². The second-order valence-corrected chi connectivity index (χ2v) is 5.03. The average Bonchev–Trinajstić information content (AvgIpc) is 2.85. The van der Waals surface area contributed by atoms with Gasteiger partial charge in [-0.2, -0.15) is 0 Å². The van der Waals surface area contributed by atoms with Crippen LogP contribution >= 0.6 is 11.3 Å². The number of thiazole rings is 1. The molecule has 7 heteroatoms. The number of nitrogens with zero attached hydrogens (tertiary/aromatic N) is 1. The third kappa shape index (κ3) is 4.21. The van der Waals surface area contributed by atoms with E-state index < -0.39 is 5.91 Å². The zero-order valence-electron chi connectivity index (χ0n) is 10.8. The maximum absolute atomic E-state index is 12.0. The molecule has 1 aromatic carbocycles. The highest BCUT2D eigenvalue weighted by Gasteiger charge is 2.10. The normalized spacial score (nSPS) is 9.76. The molecule has 2 rings (SSSR count). The smallest absolute Gasteiger partial charge is 0.257 e. The monoisotopic (exact) mass is 304 g/mol. The number of anilines is 1. The number of rotatable bonds is 3. The van der Waals surface area contributed by atoms with Crippen molar-refractivity contribution in [2.45, 2.75) is 6.42 Å². The van der Waals surface area contributed by atoms with Crippen LogP contribution < -0.4 is 5.32 Å². The van der Waals surface area contributed by atoms with Crippen LogP contribution in [0.4, 0.5) is 5.13 Å². The highest BCUT2D eigenvalue weighted by atomic mass is 32.1. The molecule has 0 fully saturated rings. The van der Waals surface area contributed by atoms with E-state index in [1.807, 2.05) is 0 Å². The summed E-state index contributed by atoms with van der Waals surface area (Å²) in [6.07, 6.45) is 1.90. The van der Waals surface area contributed by atoms with Crippen LogP contribution in [-0.2, 0) is 0 Å². The quantitative estimate of drug-likeness (QED) is 0.644. The van der Waals surface area contributed by atoms with Gasteiger partial charge in [-0.05, 0) is 12.1 Å². The molecule has 0 bridgehead atoms. The molecule has 1 aromatic heterocycles. The lowest BCUT2D eigenvalue weighted by molar-refractivity contribution is 0.102. The molecule has 6 nitrogen and oxygen atoms in total. The number of aromatic hydroxyl groups is 2. The van der Waals surface area contributed by atoms with Gasteiger partial charge in [0.15, 0.2) is 5.13 Å². The molecule has 0 spiro atoms. The minimum absolute atomic E-state index is 0.00358. The molecular weight excluding hydrogens is 292 g/mol. The zero-order chi connectivity index (χ0) is 15.2. The van der Waals surface area contributed by atoms with Gasteiger partial charge >= 0.3 is 0 Å². The first-order valence-electron chi connectivity index (χ1n) is 5.98. The van der Waals surface area contributed by atoms with Crippen molar-refractivity contribution in [3.05, 3.63) is 34.8 Å². The summed E-state index contributed by atoms with van der Waals surface area (Å²) < 4.78 is 0. The number of carbonyl (C=O) groups is 1. The van der Waals surface area contributed by atoms with E-state index in [9.17, 15) is 15.0 Å². The standard InChI is InChI=1S/C14H12N2O4S/c17-4-2-1-3-12-8-15-14(21-12)16-13(20)9-5-10(18)7-11(19)6-9/h5-8,17-19H,2,4H2,(H,15,16,20). The van der Waals surface area contributed by atoms with Gasteiger partial charge in [-0.1, -0.05) is 23.2 Å². The molecule has 0 unspecified atom stereocenters. The van der Waals surface area contributed by atoms with Crippen LogP contribution in [0.25, 0.3) is 0 Å². The van der Waals surface area contributed by atoms with Crippen LogP contribution in [0.2, 0.25) is 0 Å². The van der Waals surface area contributed by atoms with Gasteiger partial charge in [0.1, 0.15) is 11.5 Å². The van der Waals surface area contributed by atoms with Crippen LogP contribution in [0.1, 0.15) is 21.7 Å². The Bertz CT molecular complexity index is 695. The number of aromatic nitrogens is 1. The lowest BCUT2D eigenvalue weighted by atomic mass is 10.2. The van der Waals surface area contributed by atoms with E-state index in [1.165, 1.54) is 29.7 Å². The molecule has 0 aliphatic rings. The SMILES string of the molecule is O=C(Nc1ncc(C#CCCO)s1)c1cc(O)cc(O)c1. The molecule has 1 heterocycles. The Balaban J connectivity index is 2.08. The third-order valence-electron chi connectivity index (χ3n) is 2.34. The fourth-order valence-electron chi connectivity index (χ4n) is 1.49. The molecule has 21 heavy (non-hydrogen) atoms. The van der Waals surface area contributed by atoms with E-state index in [1.54, 1.807) is 0 Å². The summed E-state index contributed by atoms with van der Waals surface area (Å²) >= 11 is 1.19. The van der Waals surface area contributed by atoms with Crippen molar-refractivity contribution in [2.75, 3.05) is 11.9 Å². The first-order chi connectivity index (χ1) is 10.1. The van der Waals surface area contributed by atoms with E-state index in [2.05, 4.69) is 22.1 Å². The first-order valence-corrected chi connectivity index (χ1v) is 6.80. The Morgan fingerprint density at radius 3 is 2.67 bits per heavy atom. The molecule has 0 radical (unpaired) electrons. The van der Waals surface area contributed by atoms with Crippen LogP contribution in [0, 0.1) is 11.8 Å². The minimum atomic E-state index is -0.495. The second-order valence-electron chi connectivity index (χ2n) is 4.00. The fourth-order valence-corrected chi connectivity index (χ4v) is 2.18. The van der Waals surface area contributed by atoms with Crippen molar-refractivity contribution < 1.29 is 20.1 Å². The number of aliphatic hydroxyl groups excluding tert-OH is 1. The molecular formula is C14H12N2O4S. The maximum Gasteiger partial charge on any atom is 0.257 e. The minimum Gasteiger partial charge on any atom is -0.508 e. The van der Waals surface area contributed by atoms with Gasteiger partial charge in [-0.3, -0.25) is 10.1 Å². The van der Waals surface area contributed by atoms with Crippen molar-refractivity contribution in [2.24, 2.45) is 0 Å². The molecule has 2 aromatic rings. The number of hydrogen-bond donors (Lipinski definition) is 4. The highest BCUT2D eigenvalue weighted by Crippen LogP contribution is 2.22. The predicted octanol–water partition coefficient (Wildman–Crippen LogP) is 1.54. The number of amides is 1. The Morgan fingerprint density at radius 2 is 2.00 bits per heavy atom. The summed E-state index contributed by atoms with van der Waals surface area (Å²) in [6, 6.07) is 3.62. The van der Waals surface area contributed by atoms with Gasteiger partial charge in [0.25, 0.3) is 5.91 Å². The zero-order valence-corrected chi connectivity index (χ0v) is 11.6. The molecule has 4 N–H and O–H groups in total. The number of phenolic OH excluding ortho intramolecular Hbond substituents is 2. The Labute approximate surface area is 124 Å². The lowest BCUT2D eigenvalue weighted by Crippen LogP contribution is -2.11. The van der Waals surface area contributed by atoms with Gasteiger partial charge in [-0.25, -0.2) is 4.98 Å². The first kappa shape index (κ1) is 14.8. The van der Waals surface area contributed by atoms with Gasteiger partial charge in [0.2, 0.25) is 0 Å². The number of nitrogens with one attached hydrogen (secondary N) is 1. The summed E-state index contributed by atoms with van der Waals surface area (Å²) in [5, 5.41) is 30.2. The topological polar surface area (TPSA) is 103 Å². The van der Waals surface area contributed by atoms with Crippen LogP contribution in [0.15, 0.2) is 24.4 Å². The van der Waals surface area contributed by atoms with Gasteiger partial charge in [-0.15, -0.1) is 0 Å². The number of carbonyl (C=O) groups excluding carboxylic acids is 1.